The minimum Gasteiger partial charge on any atom is -0.508 e. The molecule has 0 aliphatic carbocycles. The van der Waals surface area contributed by atoms with Crippen LogP contribution in [0, 0.1) is 0 Å². The van der Waals surface area contributed by atoms with Gasteiger partial charge in [-0.15, -0.1) is 0 Å². The van der Waals surface area contributed by atoms with Crippen molar-refractivity contribution in [3.05, 3.63) is 58.6 Å². The van der Waals surface area contributed by atoms with E-state index in [1.807, 2.05) is 37.3 Å². The first kappa shape index (κ1) is 12.1. The normalized spacial score (nSPS) is 17.4. The summed E-state index contributed by atoms with van der Waals surface area (Å²) >= 11 is 6.23. The maximum absolute atomic E-state index is 9.33. The van der Waals surface area contributed by atoms with Crippen molar-refractivity contribution in [2.45, 2.75) is 13.0 Å². The SMILES string of the molecule is CC1N=C(c2ccc(O)cc2)Nc2c(Cl)cccc21. The molecule has 3 nitrogen and oxygen atoms in total. The molecule has 1 aliphatic heterocycles. The van der Waals surface area contributed by atoms with Crippen molar-refractivity contribution in [3.8, 4) is 5.75 Å². The second kappa shape index (κ2) is 4.59. The van der Waals surface area contributed by atoms with Crippen LogP contribution in [0.2, 0.25) is 5.02 Å². The summed E-state index contributed by atoms with van der Waals surface area (Å²) in [4.78, 5) is 4.63. The largest absolute Gasteiger partial charge is 0.508 e. The van der Waals surface area contributed by atoms with E-state index in [2.05, 4.69) is 10.3 Å². The third-order valence-electron chi connectivity index (χ3n) is 3.20. The number of hydrogen-bond acceptors (Lipinski definition) is 3. The van der Waals surface area contributed by atoms with Crippen molar-refractivity contribution in [1.29, 1.82) is 0 Å². The predicted molar refractivity (Wildman–Crippen MR) is 78.1 cm³/mol. The Balaban J connectivity index is 2.03. The van der Waals surface area contributed by atoms with Crippen molar-refractivity contribution in [2.24, 2.45) is 4.99 Å². The molecule has 1 atom stereocenters. The van der Waals surface area contributed by atoms with Gasteiger partial charge in [-0.2, -0.15) is 0 Å². The molecule has 3 rings (SSSR count). The van der Waals surface area contributed by atoms with Gasteiger partial charge in [-0.1, -0.05) is 23.7 Å². The van der Waals surface area contributed by atoms with Crippen LogP contribution in [0.5, 0.6) is 5.75 Å². The van der Waals surface area contributed by atoms with Gasteiger partial charge in [0.25, 0.3) is 0 Å². The number of anilines is 1. The Labute approximate surface area is 116 Å². The van der Waals surface area contributed by atoms with Crippen LogP contribution in [0.4, 0.5) is 5.69 Å². The summed E-state index contributed by atoms with van der Waals surface area (Å²) in [5.41, 5.74) is 2.93. The Morgan fingerprint density at radius 1 is 1.16 bits per heavy atom. The fourth-order valence-electron chi connectivity index (χ4n) is 2.20. The smallest absolute Gasteiger partial charge is 0.133 e. The van der Waals surface area contributed by atoms with E-state index in [1.54, 1.807) is 12.1 Å². The Hall–Kier alpha value is -2.00. The number of phenolic OH excluding ortho intramolecular Hbond substituents is 1. The van der Waals surface area contributed by atoms with Gasteiger partial charge in [-0.25, -0.2) is 0 Å². The van der Waals surface area contributed by atoms with Gasteiger partial charge < -0.3 is 10.4 Å². The maximum Gasteiger partial charge on any atom is 0.133 e. The number of nitrogens with one attached hydrogen (secondary N) is 1. The van der Waals surface area contributed by atoms with Crippen LogP contribution in [0.1, 0.15) is 24.1 Å². The number of rotatable bonds is 1. The standard InChI is InChI=1S/C15H13ClN2O/c1-9-12-3-2-4-13(16)14(12)18-15(17-9)10-5-7-11(19)8-6-10/h2-9,19H,1H3,(H,17,18). The molecule has 1 aliphatic rings. The lowest BCUT2D eigenvalue weighted by Gasteiger charge is -2.24. The van der Waals surface area contributed by atoms with Gasteiger partial charge in [0.1, 0.15) is 11.6 Å². The van der Waals surface area contributed by atoms with Crippen molar-refractivity contribution in [3.63, 3.8) is 0 Å². The number of nitrogens with zero attached hydrogens (tertiary/aromatic N) is 1. The molecule has 2 N–H and O–H groups in total. The highest BCUT2D eigenvalue weighted by Crippen LogP contribution is 2.35. The number of para-hydroxylation sites is 1. The Kier molecular flexibility index (Phi) is 2.91. The first-order chi connectivity index (χ1) is 9.15. The molecule has 19 heavy (non-hydrogen) atoms. The second-order valence-electron chi connectivity index (χ2n) is 4.53. The summed E-state index contributed by atoms with van der Waals surface area (Å²) in [6.45, 7) is 2.04. The number of phenols is 1. The molecule has 0 bridgehead atoms. The van der Waals surface area contributed by atoms with E-state index in [-0.39, 0.29) is 11.8 Å². The maximum atomic E-state index is 9.33. The van der Waals surface area contributed by atoms with Crippen LogP contribution >= 0.6 is 11.6 Å². The summed E-state index contributed by atoms with van der Waals surface area (Å²) in [7, 11) is 0. The number of amidine groups is 1. The van der Waals surface area contributed by atoms with E-state index in [0.717, 1.165) is 22.6 Å². The molecular weight excluding hydrogens is 260 g/mol. The number of aliphatic imine (C=N–C) groups is 1. The molecule has 2 aromatic carbocycles. The van der Waals surface area contributed by atoms with Gasteiger partial charge >= 0.3 is 0 Å². The number of aromatic hydroxyl groups is 1. The Morgan fingerprint density at radius 2 is 1.89 bits per heavy atom. The monoisotopic (exact) mass is 272 g/mol. The fourth-order valence-corrected chi connectivity index (χ4v) is 2.43. The topological polar surface area (TPSA) is 44.6 Å². The van der Waals surface area contributed by atoms with Crippen LogP contribution < -0.4 is 5.32 Å². The number of hydrogen-bond donors (Lipinski definition) is 2. The third-order valence-corrected chi connectivity index (χ3v) is 3.52. The van der Waals surface area contributed by atoms with Crippen molar-refractivity contribution in [2.75, 3.05) is 5.32 Å². The number of benzene rings is 2. The summed E-state index contributed by atoms with van der Waals surface area (Å²) < 4.78 is 0. The summed E-state index contributed by atoms with van der Waals surface area (Å²) in [6, 6.07) is 12.8. The lowest BCUT2D eigenvalue weighted by molar-refractivity contribution is 0.475. The van der Waals surface area contributed by atoms with E-state index in [1.165, 1.54) is 0 Å². The molecule has 1 unspecified atom stereocenters. The summed E-state index contributed by atoms with van der Waals surface area (Å²) in [6.07, 6.45) is 0. The zero-order valence-electron chi connectivity index (χ0n) is 10.4. The fraction of sp³-hybridized carbons (Fsp3) is 0.133. The van der Waals surface area contributed by atoms with Crippen molar-refractivity contribution in [1.82, 2.24) is 0 Å². The quantitative estimate of drug-likeness (QED) is 0.825. The van der Waals surface area contributed by atoms with E-state index in [0.29, 0.717) is 5.02 Å². The van der Waals surface area contributed by atoms with Gasteiger partial charge in [0, 0.05) is 11.1 Å². The molecule has 0 spiro atoms. The van der Waals surface area contributed by atoms with E-state index in [9.17, 15) is 5.11 Å². The van der Waals surface area contributed by atoms with Gasteiger partial charge in [-0.3, -0.25) is 4.99 Å². The van der Waals surface area contributed by atoms with Gasteiger partial charge in [0.2, 0.25) is 0 Å². The first-order valence-corrected chi connectivity index (χ1v) is 6.45. The number of fused-ring (bicyclic) bond motifs is 1. The molecule has 4 heteroatoms. The average Bonchev–Trinajstić information content (AvgIpc) is 2.41. The van der Waals surface area contributed by atoms with Crippen LogP contribution in [-0.4, -0.2) is 10.9 Å². The Morgan fingerprint density at radius 3 is 2.63 bits per heavy atom. The van der Waals surface area contributed by atoms with Crippen molar-refractivity contribution < 1.29 is 5.11 Å². The minimum atomic E-state index is 0.0544. The molecule has 96 valence electrons. The molecule has 1 heterocycles. The molecule has 0 aromatic heterocycles. The Bertz CT molecular complexity index is 650. The highest BCUT2D eigenvalue weighted by molar-refractivity contribution is 6.34. The molecular formula is C15H13ClN2O. The molecule has 0 fully saturated rings. The summed E-state index contributed by atoms with van der Waals surface area (Å²) in [5.74, 6) is 1.01. The highest BCUT2D eigenvalue weighted by Gasteiger charge is 2.20. The van der Waals surface area contributed by atoms with Crippen LogP contribution in [0.15, 0.2) is 47.5 Å². The zero-order valence-corrected chi connectivity index (χ0v) is 11.1. The highest BCUT2D eigenvalue weighted by atomic mass is 35.5. The molecule has 0 saturated heterocycles. The minimum absolute atomic E-state index is 0.0544. The predicted octanol–water partition coefficient (Wildman–Crippen LogP) is 3.98. The van der Waals surface area contributed by atoms with E-state index < -0.39 is 0 Å². The van der Waals surface area contributed by atoms with E-state index in [4.69, 9.17) is 11.6 Å². The van der Waals surface area contributed by atoms with Crippen LogP contribution in [-0.2, 0) is 0 Å². The number of halogens is 1. The molecule has 0 radical (unpaired) electrons. The van der Waals surface area contributed by atoms with Gasteiger partial charge in [0.05, 0.1) is 16.8 Å². The second-order valence-corrected chi connectivity index (χ2v) is 4.94. The lowest BCUT2D eigenvalue weighted by atomic mass is 10.0. The first-order valence-electron chi connectivity index (χ1n) is 6.08. The lowest BCUT2D eigenvalue weighted by Crippen LogP contribution is -2.20. The van der Waals surface area contributed by atoms with Crippen LogP contribution in [0.25, 0.3) is 0 Å². The van der Waals surface area contributed by atoms with Gasteiger partial charge in [0.15, 0.2) is 0 Å². The van der Waals surface area contributed by atoms with E-state index >= 15 is 0 Å². The molecule has 0 amide bonds. The zero-order chi connectivity index (χ0) is 13.4. The third kappa shape index (κ3) is 2.17. The summed E-state index contributed by atoms with van der Waals surface area (Å²) in [5, 5.41) is 13.3. The average molecular weight is 273 g/mol. The van der Waals surface area contributed by atoms with Gasteiger partial charge in [-0.05, 0) is 37.3 Å². The molecule has 2 aromatic rings. The molecule has 0 saturated carbocycles. The van der Waals surface area contributed by atoms with Crippen LogP contribution in [0.3, 0.4) is 0 Å². The van der Waals surface area contributed by atoms with Crippen molar-refractivity contribution >= 4 is 23.1 Å².